The first-order chi connectivity index (χ1) is 17.0. The van der Waals surface area contributed by atoms with Gasteiger partial charge in [0, 0.05) is 23.4 Å². The Labute approximate surface area is 207 Å². The molecule has 3 heterocycles. The number of para-hydroxylation sites is 1. The van der Waals surface area contributed by atoms with Gasteiger partial charge in [-0.25, -0.2) is 4.98 Å². The number of nitrogens with zero attached hydrogens (tertiary/aromatic N) is 1. The van der Waals surface area contributed by atoms with Crippen LogP contribution in [0.1, 0.15) is 43.9 Å². The van der Waals surface area contributed by atoms with Gasteiger partial charge in [0.15, 0.2) is 16.6 Å². The van der Waals surface area contributed by atoms with Gasteiger partial charge < -0.3 is 9.73 Å². The van der Waals surface area contributed by atoms with Crippen molar-refractivity contribution in [2.75, 3.05) is 5.32 Å². The molecule has 0 radical (unpaired) electrons. The third kappa shape index (κ3) is 3.26. The van der Waals surface area contributed by atoms with Crippen molar-refractivity contribution in [3.8, 4) is 10.8 Å². The first-order valence-electron chi connectivity index (χ1n) is 12.0. The number of thiazole rings is 1. The van der Waals surface area contributed by atoms with Crippen LogP contribution in [-0.2, 0) is 4.79 Å². The molecule has 0 unspecified atom stereocenters. The highest BCUT2D eigenvalue weighted by atomic mass is 32.1. The smallest absolute Gasteiger partial charge is 0.162 e. The Balaban J connectivity index is 1.44. The Morgan fingerprint density at radius 2 is 1.80 bits per heavy atom. The molecule has 3 aromatic carbocycles. The van der Waals surface area contributed by atoms with Crippen LogP contribution in [0, 0.1) is 5.41 Å². The quantitative estimate of drug-likeness (QED) is 0.281. The summed E-state index contributed by atoms with van der Waals surface area (Å²) in [6.45, 7) is 4.33. The molecular weight excluding hydrogens is 452 g/mol. The molecule has 0 spiro atoms. The topological polar surface area (TPSA) is 55.1 Å². The molecule has 1 N–H and O–H groups in total. The molecular formula is C30H24N2O2S. The van der Waals surface area contributed by atoms with E-state index < -0.39 is 0 Å². The van der Waals surface area contributed by atoms with E-state index in [1.165, 1.54) is 0 Å². The number of hydrogen-bond acceptors (Lipinski definition) is 5. The highest BCUT2D eigenvalue weighted by Gasteiger charge is 2.42. The van der Waals surface area contributed by atoms with Crippen LogP contribution in [0.3, 0.4) is 0 Å². The van der Waals surface area contributed by atoms with Crippen LogP contribution in [-0.4, -0.2) is 10.8 Å². The fraction of sp³-hybridized carbons (Fsp3) is 0.200. The number of furan rings is 1. The van der Waals surface area contributed by atoms with Gasteiger partial charge >= 0.3 is 0 Å². The predicted molar refractivity (Wildman–Crippen MR) is 142 cm³/mol. The molecule has 7 rings (SSSR count). The molecule has 0 bridgehead atoms. The van der Waals surface area contributed by atoms with Gasteiger partial charge in [-0.2, -0.15) is 0 Å². The molecule has 0 saturated heterocycles. The average molecular weight is 477 g/mol. The summed E-state index contributed by atoms with van der Waals surface area (Å²) >= 11 is 1.63. The molecule has 0 amide bonds. The van der Waals surface area contributed by atoms with E-state index in [1.807, 2.05) is 30.3 Å². The van der Waals surface area contributed by atoms with Crippen LogP contribution in [0.4, 0.5) is 5.69 Å². The molecule has 5 heteroatoms. The summed E-state index contributed by atoms with van der Waals surface area (Å²) in [4.78, 5) is 18.4. The maximum Gasteiger partial charge on any atom is 0.162 e. The Morgan fingerprint density at radius 1 is 0.971 bits per heavy atom. The molecule has 4 nitrogen and oxygen atoms in total. The molecule has 172 valence electrons. The monoisotopic (exact) mass is 476 g/mol. The number of allylic oxidation sites excluding steroid dienone is 2. The van der Waals surface area contributed by atoms with Crippen molar-refractivity contribution in [3.63, 3.8) is 0 Å². The molecule has 0 fully saturated rings. The maximum atomic E-state index is 13.6. The third-order valence-corrected chi connectivity index (χ3v) is 8.22. The lowest BCUT2D eigenvalue weighted by molar-refractivity contribution is -0.118. The van der Waals surface area contributed by atoms with Gasteiger partial charge in [-0.1, -0.05) is 56.3 Å². The van der Waals surface area contributed by atoms with Crippen molar-refractivity contribution in [2.24, 2.45) is 5.41 Å². The van der Waals surface area contributed by atoms with E-state index in [2.05, 4.69) is 61.6 Å². The highest BCUT2D eigenvalue weighted by Crippen LogP contribution is 2.51. The fourth-order valence-electron chi connectivity index (χ4n) is 5.69. The van der Waals surface area contributed by atoms with Crippen molar-refractivity contribution in [2.45, 2.75) is 32.6 Å². The zero-order chi connectivity index (χ0) is 23.7. The number of aromatic nitrogens is 1. The summed E-state index contributed by atoms with van der Waals surface area (Å²) in [6.07, 6.45) is 1.37. The van der Waals surface area contributed by atoms with Crippen LogP contribution in [0.2, 0.25) is 0 Å². The van der Waals surface area contributed by atoms with Gasteiger partial charge in [-0.05, 0) is 58.5 Å². The number of benzene rings is 3. The summed E-state index contributed by atoms with van der Waals surface area (Å²) in [5, 5.41) is 6.80. The van der Waals surface area contributed by atoms with Crippen molar-refractivity contribution >= 4 is 43.8 Å². The largest absolute Gasteiger partial charge is 0.458 e. The van der Waals surface area contributed by atoms with E-state index in [4.69, 9.17) is 9.40 Å². The number of nitrogens with one attached hydrogen (secondary N) is 1. The maximum absolute atomic E-state index is 13.6. The number of carbonyl (C=O) groups is 1. The van der Waals surface area contributed by atoms with Crippen LogP contribution in [0.15, 0.2) is 88.5 Å². The zero-order valence-electron chi connectivity index (χ0n) is 19.6. The molecule has 2 aliphatic rings. The lowest BCUT2D eigenvalue weighted by Gasteiger charge is -2.39. The number of carbonyl (C=O) groups excluding carboxylic acids is 1. The van der Waals surface area contributed by atoms with E-state index in [1.54, 1.807) is 11.3 Å². The summed E-state index contributed by atoms with van der Waals surface area (Å²) in [6, 6.07) is 24.8. The van der Waals surface area contributed by atoms with E-state index in [0.29, 0.717) is 6.42 Å². The predicted octanol–water partition coefficient (Wildman–Crippen LogP) is 7.91. The van der Waals surface area contributed by atoms with Crippen molar-refractivity contribution < 1.29 is 9.21 Å². The third-order valence-electron chi connectivity index (χ3n) is 7.17. The lowest BCUT2D eigenvalue weighted by Crippen LogP contribution is -2.33. The van der Waals surface area contributed by atoms with Gasteiger partial charge in [0.25, 0.3) is 0 Å². The van der Waals surface area contributed by atoms with Crippen LogP contribution in [0.25, 0.3) is 31.8 Å². The van der Waals surface area contributed by atoms with Crippen molar-refractivity contribution in [1.29, 1.82) is 0 Å². The van der Waals surface area contributed by atoms with Gasteiger partial charge in [-0.3, -0.25) is 4.79 Å². The normalized spacial score (nSPS) is 19.0. The molecule has 1 atom stereocenters. The first-order valence-corrected chi connectivity index (χ1v) is 12.8. The second kappa shape index (κ2) is 7.40. The molecule has 5 aromatic rings. The first kappa shape index (κ1) is 20.7. The zero-order valence-corrected chi connectivity index (χ0v) is 20.4. The minimum Gasteiger partial charge on any atom is -0.458 e. The Kier molecular flexibility index (Phi) is 4.37. The number of Topliss-reactive ketones (excluding diaryl/α,β-unsaturated/α-hetero) is 1. The number of anilines is 1. The van der Waals surface area contributed by atoms with E-state index >= 15 is 0 Å². The standard InChI is InChI=1S/C30H24N2O2S/c1-30(2)15-21-27(22(33)16-30)28(26-18-8-4-3-7-17(18)11-12-20(26)31-21)23-13-14-24(34-23)29-32-19-9-5-6-10-25(19)35-29/h3-14,28,31H,15-16H2,1-2H3/t28-/m0/s1. The Bertz CT molecular complexity index is 1650. The Hall–Kier alpha value is -3.70. The number of fused-ring (bicyclic) bond motifs is 4. The van der Waals surface area contributed by atoms with Crippen LogP contribution in [0.5, 0.6) is 0 Å². The second-order valence-corrected chi connectivity index (χ2v) is 11.4. The SMILES string of the molecule is CC1(C)CC(=O)C2=C(C1)Nc1ccc3ccccc3c1[C@@H]2c1ccc(-c2nc3ccccc3s2)o1. The molecule has 1 aliphatic heterocycles. The lowest BCUT2D eigenvalue weighted by atomic mass is 9.69. The van der Waals surface area contributed by atoms with Gasteiger partial charge in [0.05, 0.1) is 16.1 Å². The number of rotatable bonds is 2. The van der Waals surface area contributed by atoms with E-state index in [9.17, 15) is 4.79 Å². The molecule has 2 aromatic heterocycles. The van der Waals surface area contributed by atoms with Gasteiger partial charge in [0.2, 0.25) is 0 Å². The van der Waals surface area contributed by atoms with Gasteiger partial charge in [0.1, 0.15) is 5.76 Å². The minimum atomic E-state index is -0.251. The number of hydrogen-bond donors (Lipinski definition) is 1. The fourth-order valence-corrected chi connectivity index (χ4v) is 6.62. The van der Waals surface area contributed by atoms with E-state index in [-0.39, 0.29) is 17.1 Å². The molecule has 0 saturated carbocycles. The van der Waals surface area contributed by atoms with E-state index in [0.717, 1.165) is 66.5 Å². The van der Waals surface area contributed by atoms with Gasteiger partial charge in [-0.15, -0.1) is 11.3 Å². The van der Waals surface area contributed by atoms with Crippen molar-refractivity contribution in [3.05, 3.63) is 95.4 Å². The van der Waals surface area contributed by atoms with Crippen molar-refractivity contribution in [1.82, 2.24) is 4.98 Å². The van der Waals surface area contributed by atoms with Crippen LogP contribution >= 0.6 is 11.3 Å². The summed E-state index contributed by atoms with van der Waals surface area (Å²) in [5.41, 5.74) is 4.93. The summed E-state index contributed by atoms with van der Waals surface area (Å²) < 4.78 is 7.66. The Morgan fingerprint density at radius 3 is 2.69 bits per heavy atom. The van der Waals surface area contributed by atoms with Crippen LogP contribution < -0.4 is 5.32 Å². The second-order valence-electron chi connectivity index (χ2n) is 10.3. The molecule has 35 heavy (non-hydrogen) atoms. The molecule has 1 aliphatic carbocycles. The summed E-state index contributed by atoms with van der Waals surface area (Å²) in [7, 11) is 0. The number of ketones is 1. The highest BCUT2D eigenvalue weighted by molar-refractivity contribution is 7.21. The summed E-state index contributed by atoms with van der Waals surface area (Å²) in [5.74, 6) is 1.48. The minimum absolute atomic E-state index is 0.0723. The average Bonchev–Trinajstić information content (AvgIpc) is 3.49.